The van der Waals surface area contributed by atoms with E-state index < -0.39 is 0 Å². The van der Waals surface area contributed by atoms with Crippen molar-refractivity contribution >= 4 is 12.1 Å². The van der Waals surface area contributed by atoms with E-state index in [2.05, 4.69) is 11.1 Å². The lowest BCUT2D eigenvalue weighted by Crippen LogP contribution is -1.96. The molecule has 0 amide bonds. The second-order valence-electron chi connectivity index (χ2n) is 7.30. The monoisotopic (exact) mass is 463 g/mol. The molecule has 0 N–H and O–H groups in total. The zero-order valence-electron chi connectivity index (χ0n) is 19.2. The molecule has 4 rings (SSSR count). The molecule has 7 heteroatoms. The SMILES string of the molecule is COc1ccc(-c2oc(N=Cc3ccccc3OCC#N)c(C#N)c2-c2ccc(OC)cc2)cc1. The summed E-state index contributed by atoms with van der Waals surface area (Å²) >= 11 is 0. The molecule has 0 aliphatic heterocycles. The van der Waals surface area contributed by atoms with Crippen molar-refractivity contribution < 1.29 is 18.6 Å². The summed E-state index contributed by atoms with van der Waals surface area (Å²) in [6.45, 7) is -0.0850. The van der Waals surface area contributed by atoms with Gasteiger partial charge in [-0.25, -0.2) is 4.99 Å². The molecule has 0 atom stereocenters. The van der Waals surface area contributed by atoms with Crippen molar-refractivity contribution in [2.24, 2.45) is 4.99 Å². The lowest BCUT2D eigenvalue weighted by molar-refractivity contribution is 0.367. The summed E-state index contributed by atoms with van der Waals surface area (Å²) in [6, 6.07) is 26.2. The number of benzene rings is 3. The molecule has 0 aliphatic carbocycles. The van der Waals surface area contributed by atoms with E-state index in [9.17, 15) is 5.26 Å². The molecule has 1 heterocycles. The van der Waals surface area contributed by atoms with Crippen LogP contribution in [0, 0.1) is 22.7 Å². The van der Waals surface area contributed by atoms with E-state index in [1.54, 1.807) is 38.6 Å². The minimum absolute atomic E-state index is 0.0850. The molecule has 4 aromatic rings. The van der Waals surface area contributed by atoms with E-state index in [-0.39, 0.29) is 12.5 Å². The fraction of sp³-hybridized carbons (Fsp3) is 0.107. The Hall–Kier alpha value is -5.01. The molecule has 7 nitrogen and oxygen atoms in total. The van der Waals surface area contributed by atoms with Crippen LogP contribution in [0.5, 0.6) is 17.2 Å². The molecule has 0 unspecified atom stereocenters. The summed E-state index contributed by atoms with van der Waals surface area (Å²) in [7, 11) is 3.20. The summed E-state index contributed by atoms with van der Waals surface area (Å²) in [5.74, 6) is 2.59. The Kier molecular flexibility index (Phi) is 7.11. The maximum Gasteiger partial charge on any atom is 0.238 e. The maximum absolute atomic E-state index is 10.1. The zero-order valence-corrected chi connectivity index (χ0v) is 19.2. The first kappa shape index (κ1) is 23.2. The van der Waals surface area contributed by atoms with Crippen LogP contribution in [0.15, 0.2) is 82.2 Å². The third-order valence-electron chi connectivity index (χ3n) is 5.26. The van der Waals surface area contributed by atoms with Gasteiger partial charge in [-0.15, -0.1) is 0 Å². The predicted molar refractivity (Wildman–Crippen MR) is 132 cm³/mol. The molecule has 0 saturated heterocycles. The van der Waals surface area contributed by atoms with Crippen LogP contribution in [0.3, 0.4) is 0 Å². The molecule has 35 heavy (non-hydrogen) atoms. The lowest BCUT2D eigenvalue weighted by atomic mass is 9.98. The van der Waals surface area contributed by atoms with Crippen LogP contribution in [0.1, 0.15) is 11.1 Å². The Bertz CT molecular complexity index is 1420. The standard InChI is InChI=1S/C28H21N3O4/c1-32-22-11-7-19(8-12-22)26-24(17-30)28(35-27(26)20-9-13-23(33-2)14-10-20)31-18-21-5-3-4-6-25(21)34-16-15-29/h3-14,18H,16H2,1-2H3. The molecule has 3 aromatic carbocycles. The molecule has 0 bridgehead atoms. The van der Waals surface area contributed by atoms with Gasteiger partial charge in [0.2, 0.25) is 5.88 Å². The van der Waals surface area contributed by atoms with Gasteiger partial charge in [-0.1, -0.05) is 24.3 Å². The molecule has 0 fully saturated rings. The summed E-state index contributed by atoms with van der Waals surface area (Å²) < 4.78 is 22.2. The van der Waals surface area contributed by atoms with E-state index in [0.29, 0.717) is 39.7 Å². The Balaban J connectivity index is 1.84. The number of aliphatic imine (C=N–C) groups is 1. The molecule has 0 aliphatic rings. The summed E-state index contributed by atoms with van der Waals surface area (Å²) in [4.78, 5) is 4.49. The first-order valence-electron chi connectivity index (χ1n) is 10.7. The van der Waals surface area contributed by atoms with Gasteiger partial charge in [0.25, 0.3) is 0 Å². The minimum Gasteiger partial charge on any atom is -0.497 e. The van der Waals surface area contributed by atoms with Crippen molar-refractivity contribution in [3.05, 3.63) is 83.9 Å². The van der Waals surface area contributed by atoms with Gasteiger partial charge < -0.3 is 18.6 Å². The van der Waals surface area contributed by atoms with E-state index in [1.165, 1.54) is 0 Å². The molecule has 172 valence electrons. The lowest BCUT2D eigenvalue weighted by Gasteiger charge is -2.06. The number of para-hydroxylation sites is 1. The number of nitriles is 2. The molecular weight excluding hydrogens is 442 g/mol. The van der Waals surface area contributed by atoms with E-state index in [0.717, 1.165) is 11.1 Å². The van der Waals surface area contributed by atoms with Crippen molar-refractivity contribution in [3.8, 4) is 51.8 Å². The maximum atomic E-state index is 10.1. The highest BCUT2D eigenvalue weighted by molar-refractivity contribution is 5.90. The van der Waals surface area contributed by atoms with Crippen molar-refractivity contribution in [3.63, 3.8) is 0 Å². The van der Waals surface area contributed by atoms with Crippen LogP contribution in [0.4, 0.5) is 5.88 Å². The summed E-state index contributed by atoms with van der Waals surface area (Å²) in [5.41, 5.74) is 3.14. The van der Waals surface area contributed by atoms with Crippen LogP contribution < -0.4 is 14.2 Å². The second kappa shape index (κ2) is 10.7. The van der Waals surface area contributed by atoms with Crippen molar-refractivity contribution in [2.75, 3.05) is 20.8 Å². The van der Waals surface area contributed by atoms with Crippen LogP contribution in [0.2, 0.25) is 0 Å². The number of furan rings is 1. The molecular formula is C28H21N3O4. The highest BCUT2D eigenvalue weighted by atomic mass is 16.5. The van der Waals surface area contributed by atoms with Gasteiger partial charge in [0.1, 0.15) is 40.7 Å². The third kappa shape index (κ3) is 5.00. The van der Waals surface area contributed by atoms with Crippen LogP contribution in [0.25, 0.3) is 22.5 Å². The normalized spacial score (nSPS) is 10.5. The topological polar surface area (TPSA) is 101 Å². The number of hydrogen-bond acceptors (Lipinski definition) is 7. The van der Waals surface area contributed by atoms with Crippen LogP contribution >= 0.6 is 0 Å². The highest BCUT2D eigenvalue weighted by Crippen LogP contribution is 2.43. The summed E-state index contributed by atoms with van der Waals surface area (Å²) in [5, 5.41) is 18.9. The van der Waals surface area contributed by atoms with E-state index in [4.69, 9.17) is 23.9 Å². The van der Waals surface area contributed by atoms with Crippen LogP contribution in [-0.2, 0) is 0 Å². The number of rotatable bonds is 8. The largest absolute Gasteiger partial charge is 0.497 e. The Morgan fingerprint density at radius 2 is 1.49 bits per heavy atom. The molecule has 1 aromatic heterocycles. The van der Waals surface area contributed by atoms with Gasteiger partial charge in [-0.3, -0.25) is 0 Å². The third-order valence-corrected chi connectivity index (χ3v) is 5.26. The van der Waals surface area contributed by atoms with E-state index >= 15 is 0 Å². The van der Waals surface area contributed by atoms with Crippen LogP contribution in [-0.4, -0.2) is 27.0 Å². The fourth-order valence-electron chi connectivity index (χ4n) is 3.55. The first-order chi connectivity index (χ1) is 17.2. The van der Waals surface area contributed by atoms with Gasteiger partial charge in [0.15, 0.2) is 6.61 Å². The Morgan fingerprint density at radius 1 is 0.857 bits per heavy atom. The fourth-order valence-corrected chi connectivity index (χ4v) is 3.55. The van der Waals surface area contributed by atoms with Crippen molar-refractivity contribution in [1.29, 1.82) is 10.5 Å². The molecule has 0 spiro atoms. The quantitative estimate of drug-likeness (QED) is 0.290. The number of hydrogen-bond donors (Lipinski definition) is 0. The zero-order chi connectivity index (χ0) is 24.6. The minimum atomic E-state index is -0.0850. The summed E-state index contributed by atoms with van der Waals surface area (Å²) in [6.07, 6.45) is 1.56. The van der Waals surface area contributed by atoms with Gasteiger partial charge >= 0.3 is 0 Å². The van der Waals surface area contributed by atoms with E-state index in [1.807, 2.05) is 60.7 Å². The smallest absolute Gasteiger partial charge is 0.238 e. The highest BCUT2D eigenvalue weighted by Gasteiger charge is 2.23. The average molecular weight is 463 g/mol. The van der Waals surface area contributed by atoms with Gasteiger partial charge in [-0.05, 0) is 54.1 Å². The second-order valence-corrected chi connectivity index (χ2v) is 7.30. The number of nitrogens with zero attached hydrogens (tertiary/aromatic N) is 3. The van der Waals surface area contributed by atoms with Gasteiger partial charge in [0, 0.05) is 22.9 Å². The molecule has 0 radical (unpaired) electrons. The predicted octanol–water partition coefficient (Wildman–Crippen LogP) is 6.16. The molecule has 0 saturated carbocycles. The average Bonchev–Trinajstić information content (AvgIpc) is 3.29. The Labute approximate surface area is 203 Å². The van der Waals surface area contributed by atoms with Gasteiger partial charge in [0.05, 0.1) is 14.2 Å². The van der Waals surface area contributed by atoms with Crippen molar-refractivity contribution in [1.82, 2.24) is 0 Å². The Morgan fingerprint density at radius 3 is 2.09 bits per heavy atom. The number of ether oxygens (including phenoxy) is 3. The van der Waals surface area contributed by atoms with Crippen molar-refractivity contribution in [2.45, 2.75) is 0 Å². The van der Waals surface area contributed by atoms with Gasteiger partial charge in [-0.2, -0.15) is 10.5 Å². The first-order valence-corrected chi connectivity index (χ1v) is 10.7. The number of methoxy groups -OCH3 is 2.